The van der Waals surface area contributed by atoms with E-state index in [0.717, 1.165) is 29.7 Å². The van der Waals surface area contributed by atoms with Gasteiger partial charge in [-0.1, -0.05) is 35.8 Å². The van der Waals surface area contributed by atoms with Crippen LogP contribution >= 0.6 is 15.9 Å². The molecular formula is C16H28BrN3. The maximum atomic E-state index is 5.97. The van der Waals surface area contributed by atoms with E-state index in [-0.39, 0.29) is 6.04 Å². The molecule has 0 amide bonds. The summed E-state index contributed by atoms with van der Waals surface area (Å²) in [5.41, 5.74) is 8.39. The molecule has 0 aliphatic rings. The number of halogens is 1. The number of nitrogens with two attached hydrogens (primary N) is 1. The van der Waals surface area contributed by atoms with Crippen LogP contribution in [0.3, 0.4) is 0 Å². The normalized spacial score (nSPS) is 13.1. The number of hydrogen-bond donors (Lipinski definition) is 1. The van der Waals surface area contributed by atoms with Crippen molar-refractivity contribution in [3.63, 3.8) is 0 Å². The number of likely N-dealkylation sites (N-methyl/N-ethyl adjacent to an activating group) is 1. The number of benzene rings is 1. The quantitative estimate of drug-likeness (QED) is 0.823. The molecule has 0 aromatic heterocycles. The van der Waals surface area contributed by atoms with E-state index in [1.807, 2.05) is 6.92 Å². The average molecular weight is 342 g/mol. The topological polar surface area (TPSA) is 32.5 Å². The monoisotopic (exact) mass is 341 g/mol. The van der Waals surface area contributed by atoms with E-state index in [0.29, 0.717) is 5.92 Å². The minimum absolute atomic E-state index is 0.0544. The molecule has 0 aliphatic heterocycles. The van der Waals surface area contributed by atoms with Gasteiger partial charge >= 0.3 is 0 Å². The lowest BCUT2D eigenvalue weighted by Crippen LogP contribution is -2.34. The second-order valence-electron chi connectivity index (χ2n) is 6.14. The molecule has 0 spiro atoms. The molecule has 0 radical (unpaired) electrons. The first-order chi connectivity index (χ1) is 9.31. The Kier molecular flexibility index (Phi) is 7.00. The van der Waals surface area contributed by atoms with Crippen LogP contribution in [0.1, 0.15) is 32.4 Å². The smallest absolute Gasteiger partial charge is 0.0378 e. The molecule has 1 atom stereocenters. The van der Waals surface area contributed by atoms with Crippen molar-refractivity contribution in [2.75, 3.05) is 38.6 Å². The molecule has 1 unspecified atom stereocenters. The molecule has 0 saturated heterocycles. The third kappa shape index (κ3) is 5.43. The third-order valence-corrected chi connectivity index (χ3v) is 3.93. The maximum Gasteiger partial charge on any atom is 0.0378 e. The van der Waals surface area contributed by atoms with Crippen LogP contribution in [0, 0.1) is 5.92 Å². The Morgan fingerprint density at radius 1 is 1.15 bits per heavy atom. The van der Waals surface area contributed by atoms with Gasteiger partial charge in [-0.2, -0.15) is 0 Å². The van der Waals surface area contributed by atoms with Crippen LogP contribution < -0.4 is 10.6 Å². The summed E-state index contributed by atoms with van der Waals surface area (Å²) in [4.78, 5) is 4.67. The van der Waals surface area contributed by atoms with Gasteiger partial charge in [0.05, 0.1) is 0 Å². The van der Waals surface area contributed by atoms with E-state index < -0.39 is 0 Å². The molecule has 1 aromatic rings. The highest BCUT2D eigenvalue weighted by Crippen LogP contribution is 2.27. The van der Waals surface area contributed by atoms with E-state index in [2.05, 4.69) is 71.9 Å². The van der Waals surface area contributed by atoms with Gasteiger partial charge in [0.15, 0.2) is 0 Å². The summed E-state index contributed by atoms with van der Waals surface area (Å²) >= 11 is 3.65. The summed E-state index contributed by atoms with van der Waals surface area (Å²) in [5, 5.41) is 0. The Morgan fingerprint density at radius 3 is 2.25 bits per heavy atom. The lowest BCUT2D eigenvalue weighted by atomic mass is 10.1. The highest BCUT2D eigenvalue weighted by atomic mass is 79.9. The van der Waals surface area contributed by atoms with Crippen molar-refractivity contribution in [1.29, 1.82) is 0 Å². The van der Waals surface area contributed by atoms with E-state index in [4.69, 9.17) is 5.73 Å². The molecule has 0 heterocycles. The van der Waals surface area contributed by atoms with Crippen molar-refractivity contribution in [3.8, 4) is 0 Å². The maximum absolute atomic E-state index is 5.97. The van der Waals surface area contributed by atoms with Crippen LogP contribution in [0.4, 0.5) is 5.69 Å². The van der Waals surface area contributed by atoms with Crippen LogP contribution in [0.15, 0.2) is 22.7 Å². The van der Waals surface area contributed by atoms with Crippen LogP contribution in [0.25, 0.3) is 0 Å². The van der Waals surface area contributed by atoms with Gasteiger partial charge in [0.1, 0.15) is 0 Å². The molecule has 20 heavy (non-hydrogen) atoms. The average Bonchev–Trinajstić information content (AvgIpc) is 2.33. The lowest BCUT2D eigenvalue weighted by Gasteiger charge is -2.28. The summed E-state index contributed by atoms with van der Waals surface area (Å²) in [6.07, 6.45) is 0. The van der Waals surface area contributed by atoms with Gasteiger partial charge in [0.25, 0.3) is 0 Å². The Hall–Kier alpha value is -0.580. The van der Waals surface area contributed by atoms with Crippen molar-refractivity contribution in [3.05, 3.63) is 28.2 Å². The highest BCUT2D eigenvalue weighted by Gasteiger charge is 2.12. The number of anilines is 1. The number of nitrogens with zero attached hydrogens (tertiary/aromatic N) is 2. The molecule has 0 fully saturated rings. The molecule has 3 nitrogen and oxygen atoms in total. The standard InChI is InChI=1S/C16H28BrN3/c1-12(2)11-20(9-8-19(4)5)14-6-7-15(13(3)18)16(17)10-14/h6-7,10,12-13H,8-9,11,18H2,1-5H3. The van der Waals surface area contributed by atoms with Gasteiger partial charge in [-0.3, -0.25) is 0 Å². The Balaban J connectivity index is 2.92. The summed E-state index contributed by atoms with van der Waals surface area (Å²) in [6.45, 7) is 9.69. The number of rotatable bonds is 7. The summed E-state index contributed by atoms with van der Waals surface area (Å²) in [7, 11) is 4.23. The lowest BCUT2D eigenvalue weighted by molar-refractivity contribution is 0.409. The van der Waals surface area contributed by atoms with Crippen LogP contribution in [-0.2, 0) is 0 Å². The van der Waals surface area contributed by atoms with E-state index in [1.165, 1.54) is 5.69 Å². The van der Waals surface area contributed by atoms with Gasteiger partial charge in [-0.15, -0.1) is 0 Å². The van der Waals surface area contributed by atoms with Gasteiger partial charge in [0, 0.05) is 35.8 Å². The van der Waals surface area contributed by atoms with E-state index >= 15 is 0 Å². The molecule has 2 N–H and O–H groups in total. The molecule has 1 aromatic carbocycles. The molecule has 1 rings (SSSR count). The fraction of sp³-hybridized carbons (Fsp3) is 0.625. The van der Waals surface area contributed by atoms with E-state index in [1.54, 1.807) is 0 Å². The van der Waals surface area contributed by atoms with Crippen LogP contribution in [-0.4, -0.2) is 38.6 Å². The molecule has 114 valence electrons. The molecule has 0 aliphatic carbocycles. The van der Waals surface area contributed by atoms with Crippen molar-refractivity contribution in [2.24, 2.45) is 11.7 Å². The minimum Gasteiger partial charge on any atom is -0.370 e. The molecule has 0 saturated carbocycles. The first-order valence-electron chi connectivity index (χ1n) is 7.26. The third-order valence-electron chi connectivity index (χ3n) is 3.24. The summed E-state index contributed by atoms with van der Waals surface area (Å²) in [5.74, 6) is 0.643. The molecule has 4 heteroatoms. The first kappa shape index (κ1) is 17.5. The predicted octanol–water partition coefficient (Wildman–Crippen LogP) is 3.49. The zero-order chi connectivity index (χ0) is 15.3. The molecular weight excluding hydrogens is 314 g/mol. The van der Waals surface area contributed by atoms with Crippen LogP contribution in [0.2, 0.25) is 0 Å². The fourth-order valence-corrected chi connectivity index (χ4v) is 2.90. The Labute approximate surface area is 132 Å². The minimum atomic E-state index is 0.0544. The van der Waals surface area contributed by atoms with E-state index in [9.17, 15) is 0 Å². The van der Waals surface area contributed by atoms with Crippen molar-refractivity contribution >= 4 is 21.6 Å². The summed E-state index contributed by atoms with van der Waals surface area (Å²) in [6, 6.07) is 6.56. The zero-order valence-electron chi connectivity index (χ0n) is 13.4. The van der Waals surface area contributed by atoms with Gasteiger partial charge < -0.3 is 15.5 Å². The second kappa shape index (κ2) is 8.01. The fourth-order valence-electron chi connectivity index (χ4n) is 2.17. The van der Waals surface area contributed by atoms with Crippen molar-refractivity contribution in [2.45, 2.75) is 26.8 Å². The predicted molar refractivity (Wildman–Crippen MR) is 92.3 cm³/mol. The SMILES string of the molecule is CC(C)CN(CCN(C)C)c1ccc(C(C)N)c(Br)c1. The van der Waals surface area contributed by atoms with Crippen molar-refractivity contribution < 1.29 is 0 Å². The Morgan fingerprint density at radius 2 is 1.80 bits per heavy atom. The van der Waals surface area contributed by atoms with Gasteiger partial charge in [-0.25, -0.2) is 0 Å². The van der Waals surface area contributed by atoms with Gasteiger partial charge in [0.2, 0.25) is 0 Å². The van der Waals surface area contributed by atoms with Gasteiger partial charge in [-0.05, 0) is 44.6 Å². The second-order valence-corrected chi connectivity index (χ2v) is 6.99. The first-order valence-corrected chi connectivity index (χ1v) is 8.05. The highest BCUT2D eigenvalue weighted by molar-refractivity contribution is 9.10. The largest absolute Gasteiger partial charge is 0.370 e. The zero-order valence-corrected chi connectivity index (χ0v) is 14.9. The summed E-state index contributed by atoms with van der Waals surface area (Å²) < 4.78 is 1.10. The molecule has 0 bridgehead atoms. The van der Waals surface area contributed by atoms with Crippen molar-refractivity contribution in [1.82, 2.24) is 4.90 Å². The number of hydrogen-bond acceptors (Lipinski definition) is 3. The van der Waals surface area contributed by atoms with Crippen LogP contribution in [0.5, 0.6) is 0 Å². The Bertz CT molecular complexity index is 416.